The van der Waals surface area contributed by atoms with E-state index >= 15 is 0 Å². The highest BCUT2D eigenvalue weighted by molar-refractivity contribution is 6.07. The summed E-state index contributed by atoms with van der Waals surface area (Å²) in [6.45, 7) is 3.50. The minimum atomic E-state index is 0.0696. The van der Waals surface area contributed by atoms with Crippen LogP contribution < -0.4 is 4.74 Å². The van der Waals surface area contributed by atoms with E-state index in [2.05, 4.69) is 14.5 Å². The van der Waals surface area contributed by atoms with E-state index in [1.807, 2.05) is 43.3 Å². The van der Waals surface area contributed by atoms with Crippen molar-refractivity contribution >= 4 is 16.8 Å². The van der Waals surface area contributed by atoms with E-state index in [0.29, 0.717) is 12.1 Å². The Balaban J connectivity index is 1.61. The molecule has 1 aliphatic heterocycles. The van der Waals surface area contributed by atoms with Gasteiger partial charge in [0.2, 0.25) is 0 Å². The van der Waals surface area contributed by atoms with Crippen LogP contribution in [0.2, 0.25) is 0 Å². The number of likely N-dealkylation sites (tertiary alicyclic amines) is 1. The van der Waals surface area contributed by atoms with E-state index in [9.17, 15) is 4.79 Å². The van der Waals surface area contributed by atoms with Crippen molar-refractivity contribution in [1.29, 1.82) is 0 Å². The Labute approximate surface area is 152 Å². The lowest BCUT2D eigenvalue weighted by molar-refractivity contribution is 0.0705. The fourth-order valence-corrected chi connectivity index (χ4v) is 3.96. The van der Waals surface area contributed by atoms with E-state index in [4.69, 9.17) is 4.74 Å². The van der Waals surface area contributed by atoms with Crippen molar-refractivity contribution in [2.24, 2.45) is 7.05 Å². The van der Waals surface area contributed by atoms with Crippen LogP contribution in [0.15, 0.2) is 30.6 Å². The van der Waals surface area contributed by atoms with Gasteiger partial charge in [-0.3, -0.25) is 4.79 Å². The summed E-state index contributed by atoms with van der Waals surface area (Å²) in [7, 11) is 3.67. The molecule has 0 unspecified atom stereocenters. The van der Waals surface area contributed by atoms with Gasteiger partial charge in [-0.1, -0.05) is 0 Å². The lowest BCUT2D eigenvalue weighted by atomic mass is 9.96. The van der Waals surface area contributed by atoms with Gasteiger partial charge < -0.3 is 19.2 Å². The number of H-pyrrole nitrogens is 1. The minimum Gasteiger partial charge on any atom is -0.497 e. The number of hydrogen-bond acceptors (Lipinski definition) is 3. The monoisotopic (exact) mass is 352 g/mol. The van der Waals surface area contributed by atoms with Gasteiger partial charge >= 0.3 is 0 Å². The zero-order valence-electron chi connectivity index (χ0n) is 15.5. The number of aromatic amines is 1. The number of ether oxygens (including phenoxy) is 1. The predicted molar refractivity (Wildman–Crippen MR) is 101 cm³/mol. The number of aromatic nitrogens is 3. The average Bonchev–Trinajstić information content (AvgIpc) is 3.23. The van der Waals surface area contributed by atoms with Gasteiger partial charge in [-0.25, -0.2) is 4.98 Å². The van der Waals surface area contributed by atoms with E-state index in [1.54, 1.807) is 13.3 Å². The molecule has 26 heavy (non-hydrogen) atoms. The second-order valence-corrected chi connectivity index (χ2v) is 7.06. The number of carbonyl (C=O) groups excluding carboxylic acids is 1. The van der Waals surface area contributed by atoms with Crippen LogP contribution in [0.1, 0.15) is 40.6 Å². The molecule has 4 rings (SSSR count). The summed E-state index contributed by atoms with van der Waals surface area (Å²) in [5.74, 6) is 2.18. The first-order chi connectivity index (χ1) is 12.6. The molecule has 0 saturated carbocycles. The number of benzene rings is 1. The molecule has 1 amide bonds. The Morgan fingerprint density at radius 2 is 2.23 bits per heavy atom. The van der Waals surface area contributed by atoms with Gasteiger partial charge in [-0.2, -0.15) is 0 Å². The van der Waals surface area contributed by atoms with Crippen molar-refractivity contribution in [3.63, 3.8) is 0 Å². The van der Waals surface area contributed by atoms with Gasteiger partial charge in [0.1, 0.15) is 11.6 Å². The van der Waals surface area contributed by atoms with Crippen molar-refractivity contribution in [3.05, 3.63) is 47.7 Å². The highest BCUT2D eigenvalue weighted by Gasteiger charge is 2.29. The lowest BCUT2D eigenvalue weighted by Crippen LogP contribution is -2.39. The number of methoxy groups -OCH3 is 1. The molecule has 2 aromatic heterocycles. The Kier molecular flexibility index (Phi) is 4.18. The molecule has 0 bridgehead atoms. The number of fused-ring (bicyclic) bond motifs is 1. The summed E-state index contributed by atoms with van der Waals surface area (Å²) < 4.78 is 7.40. The third-order valence-corrected chi connectivity index (χ3v) is 5.23. The molecule has 1 fully saturated rings. The number of imidazole rings is 1. The number of amides is 1. The number of rotatable bonds is 3. The van der Waals surface area contributed by atoms with Crippen molar-refractivity contribution < 1.29 is 9.53 Å². The SMILES string of the molecule is COc1ccc2[nH]cc(C(=O)N3CCC[C@@H](c4nc(C)cn4C)C3)c2c1. The molecule has 0 spiro atoms. The molecule has 0 radical (unpaired) electrons. The molecular formula is C20H24N4O2. The first kappa shape index (κ1) is 16.7. The van der Waals surface area contributed by atoms with Crippen molar-refractivity contribution in [1.82, 2.24) is 19.4 Å². The number of hydrogen-bond donors (Lipinski definition) is 1. The highest BCUT2D eigenvalue weighted by atomic mass is 16.5. The molecule has 3 aromatic rings. The van der Waals surface area contributed by atoms with Gasteiger partial charge in [0.15, 0.2) is 0 Å². The minimum absolute atomic E-state index is 0.0696. The third-order valence-electron chi connectivity index (χ3n) is 5.23. The molecule has 6 nitrogen and oxygen atoms in total. The van der Waals surface area contributed by atoms with E-state index in [0.717, 1.165) is 47.6 Å². The molecular weight excluding hydrogens is 328 g/mol. The number of piperidine rings is 1. The summed E-state index contributed by atoms with van der Waals surface area (Å²) in [4.78, 5) is 23.0. The first-order valence-corrected chi connectivity index (χ1v) is 9.01. The van der Waals surface area contributed by atoms with Gasteiger partial charge in [-0.05, 0) is 38.0 Å². The van der Waals surface area contributed by atoms with Crippen LogP contribution in [0, 0.1) is 6.92 Å². The topological polar surface area (TPSA) is 63.2 Å². The van der Waals surface area contributed by atoms with E-state index in [1.165, 1.54) is 0 Å². The largest absolute Gasteiger partial charge is 0.497 e. The quantitative estimate of drug-likeness (QED) is 0.787. The van der Waals surface area contributed by atoms with Crippen molar-refractivity contribution in [2.75, 3.05) is 20.2 Å². The summed E-state index contributed by atoms with van der Waals surface area (Å²) in [6.07, 6.45) is 5.91. The molecule has 1 atom stereocenters. The van der Waals surface area contributed by atoms with Crippen LogP contribution in [0.5, 0.6) is 5.75 Å². The molecule has 1 aliphatic rings. The lowest BCUT2D eigenvalue weighted by Gasteiger charge is -2.32. The average molecular weight is 352 g/mol. The number of aryl methyl sites for hydroxylation is 2. The summed E-state index contributed by atoms with van der Waals surface area (Å²) in [5.41, 5.74) is 2.67. The van der Waals surface area contributed by atoms with Crippen LogP contribution in [-0.4, -0.2) is 45.5 Å². The first-order valence-electron chi connectivity index (χ1n) is 9.01. The standard InChI is InChI=1S/C20H24N4O2/c1-13-11-23(2)19(22-13)14-5-4-8-24(12-14)20(25)17-10-21-18-7-6-15(26-3)9-16(17)18/h6-7,9-11,14,21H,4-5,8,12H2,1-3H3/t14-/m1/s1. The Morgan fingerprint density at radius 3 is 2.96 bits per heavy atom. The Morgan fingerprint density at radius 1 is 1.38 bits per heavy atom. The number of nitrogens with one attached hydrogen (secondary N) is 1. The summed E-state index contributed by atoms with van der Waals surface area (Å²) >= 11 is 0. The Bertz CT molecular complexity index is 956. The summed E-state index contributed by atoms with van der Waals surface area (Å²) in [6, 6.07) is 5.76. The maximum Gasteiger partial charge on any atom is 0.256 e. The fraction of sp³-hybridized carbons (Fsp3) is 0.400. The molecule has 3 heterocycles. The van der Waals surface area contributed by atoms with Gasteiger partial charge in [0.25, 0.3) is 5.91 Å². The predicted octanol–water partition coefficient (Wildman–Crippen LogP) is 3.24. The van der Waals surface area contributed by atoms with Gasteiger partial charge in [-0.15, -0.1) is 0 Å². The van der Waals surface area contributed by atoms with E-state index in [-0.39, 0.29) is 11.8 Å². The summed E-state index contributed by atoms with van der Waals surface area (Å²) in [5, 5.41) is 0.907. The highest BCUT2D eigenvalue weighted by Crippen LogP contribution is 2.29. The fourth-order valence-electron chi connectivity index (χ4n) is 3.96. The van der Waals surface area contributed by atoms with Crippen LogP contribution in [-0.2, 0) is 7.05 Å². The van der Waals surface area contributed by atoms with Gasteiger partial charge in [0, 0.05) is 49.4 Å². The second-order valence-electron chi connectivity index (χ2n) is 7.06. The van der Waals surface area contributed by atoms with Crippen molar-refractivity contribution in [3.8, 4) is 5.75 Å². The van der Waals surface area contributed by atoms with E-state index < -0.39 is 0 Å². The van der Waals surface area contributed by atoms with Crippen LogP contribution >= 0.6 is 0 Å². The van der Waals surface area contributed by atoms with Gasteiger partial charge in [0.05, 0.1) is 18.4 Å². The van der Waals surface area contributed by atoms with Crippen LogP contribution in [0.25, 0.3) is 10.9 Å². The zero-order chi connectivity index (χ0) is 18.3. The molecule has 0 aliphatic carbocycles. The zero-order valence-corrected chi connectivity index (χ0v) is 15.5. The number of nitrogens with zero attached hydrogens (tertiary/aromatic N) is 3. The second kappa shape index (κ2) is 6.52. The molecule has 1 N–H and O–H groups in total. The smallest absolute Gasteiger partial charge is 0.256 e. The molecule has 1 aromatic carbocycles. The Hall–Kier alpha value is -2.76. The van der Waals surface area contributed by atoms with Crippen molar-refractivity contribution in [2.45, 2.75) is 25.7 Å². The molecule has 1 saturated heterocycles. The number of carbonyl (C=O) groups is 1. The normalized spacial score (nSPS) is 17.7. The van der Waals surface area contributed by atoms with Crippen LogP contribution in [0.3, 0.4) is 0 Å². The molecule has 6 heteroatoms. The molecule has 136 valence electrons. The maximum absolute atomic E-state index is 13.2. The van der Waals surface area contributed by atoms with Crippen LogP contribution in [0.4, 0.5) is 0 Å². The third kappa shape index (κ3) is 2.85. The maximum atomic E-state index is 13.2.